The highest BCUT2D eigenvalue weighted by atomic mass is 31.2. The monoisotopic (exact) mass is 804 g/mol. The van der Waals surface area contributed by atoms with Gasteiger partial charge in [-0.15, -0.1) is 0 Å². The number of carbonyl (C=O) groups excluding carboxylic acids is 2. The van der Waals surface area contributed by atoms with Gasteiger partial charge in [-0.3, -0.25) is 18.6 Å². The minimum absolute atomic E-state index is 0.0644. The molecule has 0 bridgehead atoms. The average molecular weight is 804 g/mol. The quantitative estimate of drug-likeness (QED) is 0.0242. The number of allylic oxidation sites excluding steroid dienone is 14. The van der Waals surface area contributed by atoms with Crippen molar-refractivity contribution in [3.05, 3.63) is 85.1 Å². The first-order valence-corrected chi connectivity index (χ1v) is 23.1. The number of ether oxygens (including phenoxy) is 1. The van der Waals surface area contributed by atoms with Crippen molar-refractivity contribution < 1.29 is 37.9 Å². The van der Waals surface area contributed by atoms with E-state index in [9.17, 15) is 24.2 Å². The molecule has 0 aromatic heterocycles. The van der Waals surface area contributed by atoms with Gasteiger partial charge in [-0.05, 0) is 77.0 Å². The molecule has 0 aliphatic heterocycles. The fraction of sp³-hybridized carbons (Fsp3) is 0.652. The highest BCUT2D eigenvalue weighted by Gasteiger charge is 2.23. The predicted octanol–water partition coefficient (Wildman–Crippen LogP) is 12.0. The van der Waals surface area contributed by atoms with Gasteiger partial charge in [0.25, 0.3) is 0 Å². The Morgan fingerprint density at radius 1 is 0.571 bits per heavy atom. The fourth-order valence-electron chi connectivity index (χ4n) is 5.34. The molecule has 56 heavy (non-hydrogen) atoms. The second-order valence-electron chi connectivity index (χ2n) is 13.9. The van der Waals surface area contributed by atoms with Crippen molar-refractivity contribution >= 4 is 19.7 Å². The van der Waals surface area contributed by atoms with Crippen LogP contribution in [0.15, 0.2) is 85.1 Å². The van der Waals surface area contributed by atoms with Gasteiger partial charge in [-0.25, -0.2) is 4.57 Å². The molecule has 0 heterocycles. The molecule has 0 radical (unpaired) electrons. The molecule has 3 N–H and O–H groups in total. The molecule has 0 rings (SSSR count). The van der Waals surface area contributed by atoms with Crippen molar-refractivity contribution in [3.63, 3.8) is 0 Å². The molecule has 0 fully saturated rings. The molecule has 0 aliphatic carbocycles. The third-order valence-corrected chi connectivity index (χ3v) is 9.56. The molecule has 0 aromatic rings. The summed E-state index contributed by atoms with van der Waals surface area (Å²) in [6, 6.07) is 0. The minimum Gasteiger partial charge on any atom is -0.463 e. The number of aliphatic hydroxyl groups is 1. The lowest BCUT2D eigenvalue weighted by Crippen LogP contribution is -2.27. The van der Waals surface area contributed by atoms with E-state index in [0.29, 0.717) is 12.8 Å². The molecule has 0 saturated carbocycles. The summed E-state index contributed by atoms with van der Waals surface area (Å²) in [6.07, 6.45) is 52.4. The van der Waals surface area contributed by atoms with Crippen LogP contribution < -0.4 is 5.32 Å². The molecule has 9 nitrogen and oxygen atoms in total. The van der Waals surface area contributed by atoms with Crippen LogP contribution in [-0.2, 0) is 27.9 Å². The van der Waals surface area contributed by atoms with Crippen LogP contribution in [0.25, 0.3) is 0 Å². The first-order valence-electron chi connectivity index (χ1n) is 21.6. The summed E-state index contributed by atoms with van der Waals surface area (Å²) in [6.45, 7) is 3.32. The Morgan fingerprint density at radius 2 is 1.04 bits per heavy atom. The molecule has 2 unspecified atom stereocenters. The van der Waals surface area contributed by atoms with Crippen molar-refractivity contribution in [3.8, 4) is 0 Å². The Balaban J connectivity index is 3.74. The van der Waals surface area contributed by atoms with E-state index in [2.05, 4.69) is 92.1 Å². The van der Waals surface area contributed by atoms with Gasteiger partial charge in [0.15, 0.2) is 0 Å². The largest absolute Gasteiger partial charge is 0.472 e. The molecule has 10 heteroatoms. The van der Waals surface area contributed by atoms with Crippen molar-refractivity contribution in [2.75, 3.05) is 26.4 Å². The fourth-order valence-corrected chi connectivity index (χ4v) is 6.10. The zero-order valence-electron chi connectivity index (χ0n) is 35.0. The maximum atomic E-state index is 12.1. The number of amides is 1. The summed E-state index contributed by atoms with van der Waals surface area (Å²) in [5.41, 5.74) is 0. The van der Waals surface area contributed by atoms with Gasteiger partial charge in [0.1, 0.15) is 12.7 Å². The molecule has 1 amide bonds. The third kappa shape index (κ3) is 42.3. The van der Waals surface area contributed by atoms with Crippen molar-refractivity contribution in [1.29, 1.82) is 0 Å². The van der Waals surface area contributed by atoms with E-state index in [1.807, 2.05) is 12.2 Å². The number of rotatable bonds is 39. The lowest BCUT2D eigenvalue weighted by molar-refractivity contribution is -0.147. The first kappa shape index (κ1) is 53.2. The summed E-state index contributed by atoms with van der Waals surface area (Å²) in [7, 11) is -4.44. The zero-order chi connectivity index (χ0) is 41.1. The van der Waals surface area contributed by atoms with Crippen LogP contribution in [0.4, 0.5) is 0 Å². The van der Waals surface area contributed by atoms with Gasteiger partial charge in [0.05, 0.1) is 13.2 Å². The van der Waals surface area contributed by atoms with E-state index >= 15 is 0 Å². The predicted molar refractivity (Wildman–Crippen MR) is 233 cm³/mol. The van der Waals surface area contributed by atoms with Crippen LogP contribution in [0.2, 0.25) is 0 Å². The summed E-state index contributed by atoms with van der Waals surface area (Å²) in [5, 5.41) is 12.7. The molecular weight excluding hydrogens is 725 g/mol. The minimum atomic E-state index is -4.44. The normalized spacial score (nSPS) is 14.1. The van der Waals surface area contributed by atoms with Gasteiger partial charge in [-0.1, -0.05) is 157 Å². The van der Waals surface area contributed by atoms with Crippen LogP contribution in [0.3, 0.4) is 0 Å². The Kier molecular flexibility index (Phi) is 39.7. The maximum absolute atomic E-state index is 12.1. The first-order chi connectivity index (χ1) is 27.3. The zero-order valence-corrected chi connectivity index (χ0v) is 35.9. The number of hydrogen-bond acceptors (Lipinski definition) is 7. The van der Waals surface area contributed by atoms with Crippen LogP contribution >= 0.6 is 7.82 Å². The van der Waals surface area contributed by atoms with Gasteiger partial charge in [0, 0.05) is 19.4 Å². The molecule has 320 valence electrons. The van der Waals surface area contributed by atoms with Gasteiger partial charge in [0.2, 0.25) is 5.91 Å². The second kappa shape index (κ2) is 41.8. The number of hydrogen-bond donors (Lipinski definition) is 3. The standard InChI is InChI=1S/C46H78NO8P/c1-3-5-7-9-11-13-15-17-19-21-22-23-25-27-29-31-33-35-37-39-46(50)53-42-44(48)43-55-56(51,52)54-41-40-47-45(49)38-36-34-32-30-28-26-24-20-18-16-14-12-10-8-6-4-2/h5,7,11,13,17,19-20,22-24,27,29,33,35,44,48H,3-4,6,8-10,12,14-16,18,21,25-26,28,30-32,34,36-43H2,1-2H3,(H,47,49)(H,51,52)/b7-5-,13-11-,19-17-,23-22-,24-20-,29-27-,35-33-. The van der Waals surface area contributed by atoms with Crippen molar-refractivity contribution in [2.45, 2.75) is 168 Å². The molecule has 0 spiro atoms. The lowest BCUT2D eigenvalue weighted by atomic mass is 10.1. The Bertz CT molecular complexity index is 1190. The number of esters is 1. The van der Waals surface area contributed by atoms with Crippen LogP contribution in [0, 0.1) is 0 Å². The number of nitrogens with one attached hydrogen (secondary N) is 1. The van der Waals surface area contributed by atoms with Crippen molar-refractivity contribution in [1.82, 2.24) is 5.32 Å². The van der Waals surface area contributed by atoms with Crippen LogP contribution in [0.1, 0.15) is 162 Å². The third-order valence-electron chi connectivity index (χ3n) is 8.57. The van der Waals surface area contributed by atoms with E-state index in [4.69, 9.17) is 13.8 Å². The summed E-state index contributed by atoms with van der Waals surface area (Å²) in [5.74, 6) is -0.617. The molecule has 0 saturated heterocycles. The van der Waals surface area contributed by atoms with Crippen molar-refractivity contribution in [2.24, 2.45) is 0 Å². The summed E-state index contributed by atoms with van der Waals surface area (Å²) < 4.78 is 26.8. The number of phosphoric acid groups is 1. The van der Waals surface area contributed by atoms with E-state index in [1.54, 1.807) is 0 Å². The van der Waals surface area contributed by atoms with Gasteiger partial charge in [-0.2, -0.15) is 0 Å². The molecular formula is C46H78NO8P. The van der Waals surface area contributed by atoms with E-state index in [1.165, 1.54) is 57.8 Å². The topological polar surface area (TPSA) is 131 Å². The number of aliphatic hydroxyl groups excluding tert-OH is 1. The number of phosphoric ester groups is 1. The SMILES string of the molecule is CC/C=C\C/C=C\C/C=C\C/C=C\C/C=C\C/C=C\CCC(=O)OCC(O)COP(=O)(O)OCCNC(=O)CCCCCCC/C=C\CCCCCCCCC. The molecule has 0 aromatic carbocycles. The van der Waals surface area contributed by atoms with E-state index in [-0.39, 0.29) is 32.1 Å². The highest BCUT2D eigenvalue weighted by molar-refractivity contribution is 7.47. The molecule has 0 aliphatic rings. The van der Waals surface area contributed by atoms with E-state index < -0.39 is 26.5 Å². The number of carbonyl (C=O) groups is 2. The molecule has 2 atom stereocenters. The average Bonchev–Trinajstić information content (AvgIpc) is 3.18. The van der Waals surface area contributed by atoms with Gasteiger partial charge >= 0.3 is 13.8 Å². The van der Waals surface area contributed by atoms with Gasteiger partial charge < -0.3 is 20.1 Å². The number of unbranched alkanes of at least 4 members (excludes halogenated alkanes) is 12. The van der Waals surface area contributed by atoms with Crippen LogP contribution in [-0.4, -0.2) is 54.3 Å². The Hall–Kier alpha value is -2.81. The summed E-state index contributed by atoms with van der Waals surface area (Å²) in [4.78, 5) is 33.9. The summed E-state index contributed by atoms with van der Waals surface area (Å²) >= 11 is 0. The van der Waals surface area contributed by atoms with Crippen LogP contribution in [0.5, 0.6) is 0 Å². The smallest absolute Gasteiger partial charge is 0.463 e. The Labute approximate surface area is 341 Å². The van der Waals surface area contributed by atoms with E-state index in [0.717, 1.165) is 70.6 Å². The second-order valence-corrected chi connectivity index (χ2v) is 15.4. The maximum Gasteiger partial charge on any atom is 0.472 e. The Morgan fingerprint density at radius 3 is 1.57 bits per heavy atom. The highest BCUT2D eigenvalue weighted by Crippen LogP contribution is 2.42. The lowest BCUT2D eigenvalue weighted by Gasteiger charge is -2.15.